The summed E-state index contributed by atoms with van der Waals surface area (Å²) in [7, 11) is 0. The number of nitrogens with zero attached hydrogens (tertiary/aromatic N) is 2. The van der Waals surface area contributed by atoms with Crippen molar-refractivity contribution in [2.45, 2.75) is 12.2 Å². The molecule has 0 aliphatic carbocycles. The van der Waals surface area contributed by atoms with E-state index >= 15 is 0 Å². The van der Waals surface area contributed by atoms with Gasteiger partial charge in [-0.1, -0.05) is 39.8 Å². The van der Waals surface area contributed by atoms with Crippen molar-refractivity contribution in [2.75, 3.05) is 0 Å². The summed E-state index contributed by atoms with van der Waals surface area (Å²) >= 11 is 4.87. The minimum absolute atomic E-state index is 0.0638. The predicted molar refractivity (Wildman–Crippen MR) is 76.6 cm³/mol. The molecular formula is C12H10BrN3OS. The van der Waals surface area contributed by atoms with Crippen LogP contribution in [0.3, 0.4) is 0 Å². The Kier molecular flexibility index (Phi) is 2.91. The first kappa shape index (κ1) is 11.8. The number of nitrogens with one attached hydrogen (secondary N) is 1. The molecule has 0 bridgehead atoms. The van der Waals surface area contributed by atoms with E-state index in [4.69, 9.17) is 0 Å². The molecule has 0 radical (unpaired) electrons. The van der Waals surface area contributed by atoms with Gasteiger partial charge in [0.1, 0.15) is 0 Å². The number of rotatable bonds is 1. The van der Waals surface area contributed by atoms with E-state index in [1.165, 1.54) is 11.8 Å². The van der Waals surface area contributed by atoms with Gasteiger partial charge in [-0.3, -0.25) is 15.1 Å². The number of fused-ring (bicyclic) bond motifs is 1. The molecule has 4 nitrogen and oxygen atoms in total. The third-order valence-electron chi connectivity index (χ3n) is 2.76. The van der Waals surface area contributed by atoms with E-state index in [0.29, 0.717) is 5.17 Å². The van der Waals surface area contributed by atoms with Gasteiger partial charge in [0.05, 0.1) is 10.9 Å². The highest BCUT2D eigenvalue weighted by molar-refractivity contribution is 9.10. The van der Waals surface area contributed by atoms with E-state index in [9.17, 15) is 4.79 Å². The van der Waals surface area contributed by atoms with Gasteiger partial charge in [0, 0.05) is 16.2 Å². The highest BCUT2D eigenvalue weighted by atomic mass is 79.9. The Morgan fingerprint density at radius 3 is 2.83 bits per heavy atom. The molecule has 92 valence electrons. The Labute approximate surface area is 117 Å². The van der Waals surface area contributed by atoms with Crippen LogP contribution in [0.25, 0.3) is 5.70 Å². The molecule has 3 rings (SSSR count). The lowest BCUT2D eigenvalue weighted by atomic mass is 10.1. The molecule has 0 saturated carbocycles. The molecule has 1 amide bonds. The maximum absolute atomic E-state index is 11.9. The molecule has 1 atom stereocenters. The van der Waals surface area contributed by atoms with E-state index in [2.05, 4.69) is 26.5 Å². The highest BCUT2D eigenvalue weighted by Gasteiger charge is 2.36. The van der Waals surface area contributed by atoms with Gasteiger partial charge in [0.2, 0.25) is 5.91 Å². The first-order valence-electron chi connectivity index (χ1n) is 5.46. The van der Waals surface area contributed by atoms with Gasteiger partial charge in [0.25, 0.3) is 0 Å². The number of carbonyl (C=O) groups is 1. The molecule has 0 unspecified atom stereocenters. The molecule has 6 heteroatoms. The SMILES string of the molecule is C[C@H]1SC2=NNC(c3ccc(Br)cc3)=CN2C1=O. The van der Waals surface area contributed by atoms with Crippen molar-refractivity contribution in [3.05, 3.63) is 40.5 Å². The minimum atomic E-state index is -0.0638. The van der Waals surface area contributed by atoms with Crippen LogP contribution in [0.15, 0.2) is 40.0 Å². The number of hydrogen-bond acceptors (Lipinski definition) is 4. The van der Waals surface area contributed by atoms with Crippen molar-refractivity contribution in [2.24, 2.45) is 5.10 Å². The topological polar surface area (TPSA) is 44.7 Å². The van der Waals surface area contributed by atoms with Crippen molar-refractivity contribution in [1.82, 2.24) is 10.3 Å². The summed E-state index contributed by atoms with van der Waals surface area (Å²) in [6.07, 6.45) is 1.81. The molecule has 1 saturated heterocycles. The summed E-state index contributed by atoms with van der Waals surface area (Å²) in [5.41, 5.74) is 4.81. The molecular weight excluding hydrogens is 314 g/mol. The van der Waals surface area contributed by atoms with Crippen LogP contribution in [-0.2, 0) is 4.79 Å². The molecule has 1 fully saturated rings. The van der Waals surface area contributed by atoms with Crippen molar-refractivity contribution in [3.8, 4) is 0 Å². The average molecular weight is 324 g/mol. The van der Waals surface area contributed by atoms with Gasteiger partial charge in [-0.05, 0) is 19.1 Å². The Morgan fingerprint density at radius 2 is 2.11 bits per heavy atom. The summed E-state index contributed by atoms with van der Waals surface area (Å²) < 4.78 is 1.02. The molecule has 0 spiro atoms. The summed E-state index contributed by atoms with van der Waals surface area (Å²) in [6, 6.07) is 7.86. The largest absolute Gasteiger partial charge is 0.274 e. The fourth-order valence-corrected chi connectivity index (χ4v) is 2.94. The lowest BCUT2D eigenvalue weighted by molar-refractivity contribution is -0.124. The smallest absolute Gasteiger partial charge is 0.246 e. The number of benzene rings is 1. The van der Waals surface area contributed by atoms with Crippen LogP contribution in [-0.4, -0.2) is 21.2 Å². The molecule has 2 aliphatic rings. The van der Waals surface area contributed by atoms with E-state index in [0.717, 1.165) is 15.7 Å². The zero-order chi connectivity index (χ0) is 12.7. The van der Waals surface area contributed by atoms with E-state index in [1.54, 1.807) is 4.90 Å². The summed E-state index contributed by atoms with van der Waals surface area (Å²) in [5.74, 6) is 0.0786. The first-order chi connectivity index (χ1) is 8.65. The average Bonchev–Trinajstić information content (AvgIpc) is 2.66. The molecule has 1 N–H and O–H groups in total. The molecule has 1 aromatic carbocycles. The monoisotopic (exact) mass is 323 g/mol. The van der Waals surface area contributed by atoms with Crippen molar-refractivity contribution in [3.63, 3.8) is 0 Å². The van der Waals surface area contributed by atoms with E-state index < -0.39 is 0 Å². The van der Waals surface area contributed by atoms with E-state index in [1.807, 2.05) is 37.4 Å². The third-order valence-corrected chi connectivity index (χ3v) is 4.34. The number of amidine groups is 1. The third kappa shape index (κ3) is 1.95. The number of hydrazone groups is 1. The fraction of sp³-hybridized carbons (Fsp3) is 0.167. The fourth-order valence-electron chi connectivity index (χ4n) is 1.79. The molecule has 2 heterocycles. The van der Waals surface area contributed by atoms with Crippen LogP contribution >= 0.6 is 27.7 Å². The minimum Gasteiger partial charge on any atom is -0.274 e. The molecule has 1 aromatic rings. The van der Waals surface area contributed by atoms with Crippen molar-refractivity contribution in [1.29, 1.82) is 0 Å². The summed E-state index contributed by atoms with van der Waals surface area (Å²) in [5, 5.41) is 4.88. The Hall–Kier alpha value is -1.27. The standard InChI is InChI=1S/C12H10BrN3OS/c1-7-11(17)16-6-10(14-15-12(16)18-7)8-2-4-9(13)5-3-8/h2-7,14H,1H3/t7-/m1/s1. The van der Waals surface area contributed by atoms with Crippen molar-refractivity contribution >= 4 is 44.5 Å². The van der Waals surface area contributed by atoms with Gasteiger partial charge in [-0.2, -0.15) is 0 Å². The zero-order valence-corrected chi connectivity index (χ0v) is 12.0. The van der Waals surface area contributed by atoms with Gasteiger partial charge < -0.3 is 0 Å². The van der Waals surface area contributed by atoms with Crippen LogP contribution in [0.2, 0.25) is 0 Å². The zero-order valence-electron chi connectivity index (χ0n) is 9.55. The first-order valence-corrected chi connectivity index (χ1v) is 7.13. The maximum Gasteiger partial charge on any atom is 0.246 e. The summed E-state index contributed by atoms with van der Waals surface area (Å²) in [4.78, 5) is 13.5. The highest BCUT2D eigenvalue weighted by Crippen LogP contribution is 2.30. The second-order valence-corrected chi connectivity index (χ2v) is 6.25. The van der Waals surface area contributed by atoms with Crippen LogP contribution in [0.5, 0.6) is 0 Å². The maximum atomic E-state index is 11.9. The lowest BCUT2D eigenvalue weighted by Gasteiger charge is -2.19. The lowest BCUT2D eigenvalue weighted by Crippen LogP contribution is -2.31. The Bertz CT molecular complexity index is 567. The Balaban J connectivity index is 1.93. The molecule has 18 heavy (non-hydrogen) atoms. The summed E-state index contributed by atoms with van der Waals surface area (Å²) in [6.45, 7) is 1.89. The second-order valence-electron chi connectivity index (χ2n) is 4.02. The second kappa shape index (κ2) is 4.44. The molecule has 2 aliphatic heterocycles. The number of halogens is 1. The van der Waals surface area contributed by atoms with Crippen LogP contribution in [0.4, 0.5) is 0 Å². The number of carbonyl (C=O) groups excluding carboxylic acids is 1. The number of hydrogen-bond donors (Lipinski definition) is 1. The van der Waals surface area contributed by atoms with Gasteiger partial charge in [0.15, 0.2) is 5.17 Å². The molecule has 0 aromatic heterocycles. The van der Waals surface area contributed by atoms with E-state index in [-0.39, 0.29) is 11.2 Å². The normalized spacial score (nSPS) is 22.2. The van der Waals surface area contributed by atoms with Crippen LogP contribution in [0.1, 0.15) is 12.5 Å². The van der Waals surface area contributed by atoms with Crippen LogP contribution in [0, 0.1) is 0 Å². The van der Waals surface area contributed by atoms with Gasteiger partial charge in [-0.25, -0.2) is 0 Å². The number of amides is 1. The Morgan fingerprint density at radius 1 is 1.39 bits per heavy atom. The van der Waals surface area contributed by atoms with Gasteiger partial charge in [-0.15, -0.1) is 5.10 Å². The predicted octanol–water partition coefficient (Wildman–Crippen LogP) is 2.59. The van der Waals surface area contributed by atoms with Crippen molar-refractivity contribution < 1.29 is 4.79 Å². The van der Waals surface area contributed by atoms with Gasteiger partial charge >= 0.3 is 0 Å². The van der Waals surface area contributed by atoms with Crippen LogP contribution < -0.4 is 5.43 Å². The quantitative estimate of drug-likeness (QED) is 0.864. The number of thioether (sulfide) groups is 1.